The molecule has 0 spiro atoms. The van der Waals surface area contributed by atoms with Crippen LogP contribution in [0.5, 0.6) is 0 Å². The Morgan fingerprint density at radius 2 is 2.15 bits per heavy atom. The van der Waals surface area contributed by atoms with Crippen LogP contribution in [0.4, 0.5) is 0 Å². The number of rotatable bonds is 6. The van der Waals surface area contributed by atoms with Gasteiger partial charge < -0.3 is 14.7 Å². The number of ether oxygens (including phenoxy) is 1. The molecule has 6 heteroatoms. The second kappa shape index (κ2) is 7.40. The molecule has 0 unspecified atom stereocenters. The van der Waals surface area contributed by atoms with Gasteiger partial charge in [0.2, 0.25) is 5.91 Å². The zero-order valence-electron chi connectivity index (χ0n) is 11.3. The van der Waals surface area contributed by atoms with Crippen molar-refractivity contribution in [2.24, 2.45) is 0 Å². The second-order valence-corrected chi connectivity index (χ2v) is 5.68. The van der Waals surface area contributed by atoms with Gasteiger partial charge >= 0.3 is 5.97 Å². The van der Waals surface area contributed by atoms with Gasteiger partial charge in [-0.15, -0.1) is 0 Å². The monoisotopic (exact) mass is 297 g/mol. The van der Waals surface area contributed by atoms with E-state index in [-0.39, 0.29) is 25.0 Å². The minimum atomic E-state index is -0.839. The highest BCUT2D eigenvalue weighted by Gasteiger charge is 2.23. The number of amides is 1. The lowest BCUT2D eigenvalue weighted by Crippen LogP contribution is -2.41. The minimum Gasteiger partial charge on any atom is -0.481 e. The molecule has 2 heterocycles. The predicted octanol–water partition coefficient (Wildman–Crippen LogP) is 1.77. The van der Waals surface area contributed by atoms with Crippen molar-refractivity contribution in [3.05, 3.63) is 22.4 Å². The van der Waals surface area contributed by atoms with Gasteiger partial charge in [0.1, 0.15) is 0 Å². The molecule has 0 atom stereocenters. The molecule has 5 nitrogen and oxygen atoms in total. The third-order valence-corrected chi connectivity index (χ3v) is 4.13. The summed E-state index contributed by atoms with van der Waals surface area (Å²) in [6.45, 7) is 1.64. The van der Waals surface area contributed by atoms with Gasteiger partial charge in [-0.25, -0.2) is 0 Å². The molecule has 1 aromatic heterocycles. The maximum absolute atomic E-state index is 12.1. The average molecular weight is 297 g/mol. The lowest BCUT2D eigenvalue weighted by Gasteiger charge is -2.32. The van der Waals surface area contributed by atoms with Crippen LogP contribution >= 0.6 is 11.3 Å². The van der Waals surface area contributed by atoms with Crippen LogP contribution < -0.4 is 0 Å². The van der Waals surface area contributed by atoms with E-state index in [0.29, 0.717) is 19.5 Å². The van der Waals surface area contributed by atoms with Crippen LogP contribution in [0.3, 0.4) is 0 Å². The van der Waals surface area contributed by atoms with E-state index in [1.165, 1.54) is 0 Å². The first-order valence-corrected chi connectivity index (χ1v) is 7.71. The standard InChI is InChI=1S/C14H19NO4S/c16-13(9-11-4-8-20-10-11)15-5-1-12(2-6-15)19-7-3-14(17)18/h4,8,10,12H,1-3,5-7,9H2,(H,17,18). The molecule has 2 rings (SSSR count). The lowest BCUT2D eigenvalue weighted by atomic mass is 10.1. The number of carboxylic acids is 1. The van der Waals surface area contributed by atoms with Crippen molar-refractivity contribution < 1.29 is 19.4 Å². The number of carbonyl (C=O) groups is 2. The molecule has 1 fully saturated rings. The largest absolute Gasteiger partial charge is 0.481 e. The molecule has 1 amide bonds. The molecular formula is C14H19NO4S. The van der Waals surface area contributed by atoms with E-state index in [1.807, 2.05) is 21.7 Å². The summed E-state index contributed by atoms with van der Waals surface area (Å²) in [5.74, 6) is -0.680. The number of aliphatic carboxylic acids is 1. The highest BCUT2D eigenvalue weighted by molar-refractivity contribution is 7.07. The Morgan fingerprint density at radius 3 is 2.75 bits per heavy atom. The third-order valence-electron chi connectivity index (χ3n) is 3.40. The zero-order valence-corrected chi connectivity index (χ0v) is 12.1. The van der Waals surface area contributed by atoms with Crippen molar-refractivity contribution in [3.63, 3.8) is 0 Å². The number of thiophene rings is 1. The molecule has 0 saturated carbocycles. The first-order valence-electron chi connectivity index (χ1n) is 6.77. The van der Waals surface area contributed by atoms with Gasteiger partial charge in [0, 0.05) is 13.1 Å². The number of likely N-dealkylation sites (tertiary alicyclic amines) is 1. The van der Waals surface area contributed by atoms with Crippen molar-refractivity contribution in [3.8, 4) is 0 Å². The topological polar surface area (TPSA) is 66.8 Å². The van der Waals surface area contributed by atoms with Crippen molar-refractivity contribution in [2.45, 2.75) is 31.8 Å². The van der Waals surface area contributed by atoms with Gasteiger partial charge in [-0.1, -0.05) is 0 Å². The van der Waals surface area contributed by atoms with Gasteiger partial charge in [-0.05, 0) is 35.2 Å². The Hall–Kier alpha value is -1.40. The maximum Gasteiger partial charge on any atom is 0.305 e. The second-order valence-electron chi connectivity index (χ2n) is 4.90. The normalized spacial score (nSPS) is 16.3. The van der Waals surface area contributed by atoms with Crippen LogP contribution in [-0.2, 0) is 20.7 Å². The molecule has 20 heavy (non-hydrogen) atoms. The van der Waals surface area contributed by atoms with E-state index in [1.54, 1.807) is 11.3 Å². The van der Waals surface area contributed by atoms with Gasteiger partial charge in [0.25, 0.3) is 0 Å². The fraction of sp³-hybridized carbons (Fsp3) is 0.571. The molecule has 1 aliphatic rings. The highest BCUT2D eigenvalue weighted by Crippen LogP contribution is 2.16. The van der Waals surface area contributed by atoms with E-state index in [9.17, 15) is 9.59 Å². The van der Waals surface area contributed by atoms with Gasteiger partial charge in [0.15, 0.2) is 0 Å². The van der Waals surface area contributed by atoms with Crippen molar-refractivity contribution in [1.29, 1.82) is 0 Å². The van der Waals surface area contributed by atoms with Crippen LogP contribution in [0.2, 0.25) is 0 Å². The molecule has 1 aliphatic heterocycles. The summed E-state index contributed by atoms with van der Waals surface area (Å²) >= 11 is 1.60. The smallest absolute Gasteiger partial charge is 0.305 e. The van der Waals surface area contributed by atoms with Crippen LogP contribution in [0.25, 0.3) is 0 Å². The summed E-state index contributed by atoms with van der Waals surface area (Å²) < 4.78 is 5.51. The summed E-state index contributed by atoms with van der Waals surface area (Å²) in [7, 11) is 0. The van der Waals surface area contributed by atoms with E-state index >= 15 is 0 Å². The lowest BCUT2D eigenvalue weighted by molar-refractivity contribution is -0.139. The summed E-state index contributed by atoms with van der Waals surface area (Å²) in [6, 6.07) is 1.98. The van der Waals surface area contributed by atoms with Crippen molar-refractivity contribution >= 4 is 23.2 Å². The summed E-state index contributed by atoms with van der Waals surface area (Å²) in [4.78, 5) is 24.4. The molecule has 0 bridgehead atoms. The average Bonchev–Trinajstić information content (AvgIpc) is 2.92. The van der Waals surface area contributed by atoms with E-state index in [2.05, 4.69) is 0 Å². The summed E-state index contributed by atoms with van der Waals surface area (Å²) in [5, 5.41) is 12.5. The van der Waals surface area contributed by atoms with E-state index in [0.717, 1.165) is 18.4 Å². The summed E-state index contributed by atoms with van der Waals surface area (Å²) in [5.41, 5.74) is 1.07. The Morgan fingerprint density at radius 1 is 1.40 bits per heavy atom. The predicted molar refractivity (Wildman–Crippen MR) is 75.8 cm³/mol. The van der Waals surface area contributed by atoms with Crippen LogP contribution in [-0.4, -0.2) is 47.7 Å². The van der Waals surface area contributed by atoms with E-state index in [4.69, 9.17) is 9.84 Å². The van der Waals surface area contributed by atoms with E-state index < -0.39 is 5.97 Å². The Kier molecular flexibility index (Phi) is 5.55. The fourth-order valence-corrected chi connectivity index (χ4v) is 2.93. The molecule has 1 aromatic rings. The molecular weight excluding hydrogens is 278 g/mol. The van der Waals surface area contributed by atoms with Gasteiger partial charge in [-0.3, -0.25) is 9.59 Å². The Balaban J connectivity index is 1.68. The number of hydrogen-bond donors (Lipinski definition) is 1. The molecule has 110 valence electrons. The quantitative estimate of drug-likeness (QED) is 0.869. The fourth-order valence-electron chi connectivity index (χ4n) is 2.26. The molecule has 1 saturated heterocycles. The molecule has 1 N–H and O–H groups in total. The minimum absolute atomic E-state index is 0.0390. The van der Waals surface area contributed by atoms with Gasteiger partial charge in [0.05, 0.1) is 25.6 Å². The maximum atomic E-state index is 12.1. The molecule has 0 aliphatic carbocycles. The van der Waals surface area contributed by atoms with Gasteiger partial charge in [-0.2, -0.15) is 11.3 Å². The number of nitrogens with zero attached hydrogens (tertiary/aromatic N) is 1. The zero-order chi connectivity index (χ0) is 14.4. The first kappa shape index (κ1) is 15.0. The SMILES string of the molecule is O=C(O)CCOC1CCN(C(=O)Cc2ccsc2)CC1. The van der Waals surface area contributed by atoms with Crippen LogP contribution in [0, 0.1) is 0 Å². The number of carbonyl (C=O) groups excluding carboxylic acids is 1. The third kappa shape index (κ3) is 4.61. The first-order chi connectivity index (χ1) is 9.65. The molecule has 0 radical (unpaired) electrons. The van der Waals surface area contributed by atoms with Crippen LogP contribution in [0.1, 0.15) is 24.8 Å². The van der Waals surface area contributed by atoms with Crippen molar-refractivity contribution in [1.82, 2.24) is 4.90 Å². The van der Waals surface area contributed by atoms with Crippen LogP contribution in [0.15, 0.2) is 16.8 Å². The number of carboxylic acid groups (broad SMARTS) is 1. The Bertz CT molecular complexity index is 438. The number of hydrogen-bond acceptors (Lipinski definition) is 4. The highest BCUT2D eigenvalue weighted by atomic mass is 32.1. The Labute approximate surface area is 122 Å². The van der Waals surface area contributed by atoms with Crippen molar-refractivity contribution in [2.75, 3.05) is 19.7 Å². The summed E-state index contributed by atoms with van der Waals surface area (Å²) in [6.07, 6.45) is 2.16. The molecule has 0 aromatic carbocycles. The number of piperidine rings is 1.